The van der Waals surface area contributed by atoms with Crippen LogP contribution in [0.2, 0.25) is 0 Å². The predicted molar refractivity (Wildman–Crippen MR) is 88.2 cm³/mol. The van der Waals surface area contributed by atoms with Gasteiger partial charge in [-0.3, -0.25) is 9.69 Å². The summed E-state index contributed by atoms with van der Waals surface area (Å²) in [6.07, 6.45) is 1.25. The summed E-state index contributed by atoms with van der Waals surface area (Å²) >= 11 is 1.49. The van der Waals surface area contributed by atoms with Crippen molar-refractivity contribution in [3.8, 4) is 0 Å². The molecule has 1 aromatic rings. The number of hydrogen-bond acceptors (Lipinski definition) is 5. The van der Waals surface area contributed by atoms with Gasteiger partial charge in [-0.2, -0.15) is 0 Å². The molecule has 2 heterocycles. The number of thiazole rings is 1. The van der Waals surface area contributed by atoms with Gasteiger partial charge in [-0.25, -0.2) is 4.98 Å². The zero-order valence-corrected chi connectivity index (χ0v) is 14.2. The largest absolute Gasteiger partial charge is 0.319 e. The van der Waals surface area contributed by atoms with Gasteiger partial charge in [0.05, 0.1) is 5.69 Å². The smallest absolute Gasteiger partial charge is 0.223 e. The van der Waals surface area contributed by atoms with Crippen LogP contribution in [0, 0.1) is 5.92 Å². The van der Waals surface area contributed by atoms with Crippen molar-refractivity contribution in [2.24, 2.45) is 5.92 Å². The Morgan fingerprint density at radius 2 is 2.30 bits per heavy atom. The number of halogens is 2. The topological polar surface area (TPSA) is 57.3 Å². The number of hydrogen-bond donors (Lipinski definition) is 2. The molecule has 20 heavy (non-hydrogen) atoms. The van der Waals surface area contributed by atoms with Crippen molar-refractivity contribution in [3.63, 3.8) is 0 Å². The minimum absolute atomic E-state index is 0. The van der Waals surface area contributed by atoms with Crippen molar-refractivity contribution in [2.45, 2.75) is 19.9 Å². The molecule has 0 aromatic carbocycles. The molecule has 116 valence electrons. The second-order valence-electron chi connectivity index (χ2n) is 4.77. The molecule has 1 aliphatic heterocycles. The van der Waals surface area contributed by atoms with Gasteiger partial charge in [0.1, 0.15) is 0 Å². The fraction of sp³-hybridized carbons (Fsp3) is 0.667. The van der Waals surface area contributed by atoms with Crippen LogP contribution in [-0.4, -0.2) is 42.5 Å². The average molecular weight is 341 g/mol. The van der Waals surface area contributed by atoms with Gasteiger partial charge in [0.25, 0.3) is 0 Å². The van der Waals surface area contributed by atoms with Crippen LogP contribution >= 0.6 is 36.2 Å². The zero-order valence-electron chi connectivity index (χ0n) is 11.7. The average Bonchev–Trinajstić information content (AvgIpc) is 2.89. The second kappa shape index (κ2) is 9.52. The van der Waals surface area contributed by atoms with E-state index in [1.807, 2.05) is 12.4 Å². The number of likely N-dealkylation sites (tertiary alicyclic amines) is 1. The zero-order chi connectivity index (χ0) is 13.0. The summed E-state index contributed by atoms with van der Waals surface area (Å²) in [7, 11) is 2.00. The van der Waals surface area contributed by atoms with Gasteiger partial charge in [-0.05, 0) is 32.5 Å². The van der Waals surface area contributed by atoms with Crippen molar-refractivity contribution in [1.82, 2.24) is 15.2 Å². The standard InChI is InChI=1S/C12H20N4OS.2ClH/c1-9(17)14-12-15-11(8-18-12)7-16-4-3-10(6-16)5-13-2;;/h8,10,13H,3-7H2,1-2H3,(H,14,15,17);2*1H. The molecule has 1 aliphatic rings. The Labute approximate surface area is 136 Å². The number of anilines is 1. The minimum atomic E-state index is -0.0637. The van der Waals surface area contributed by atoms with E-state index in [1.54, 1.807) is 0 Å². The summed E-state index contributed by atoms with van der Waals surface area (Å²) in [5.74, 6) is 0.689. The molecule has 2 N–H and O–H groups in total. The molecular formula is C12H22Cl2N4OS. The van der Waals surface area contributed by atoms with E-state index in [0.29, 0.717) is 5.13 Å². The fourth-order valence-electron chi connectivity index (χ4n) is 2.33. The molecule has 1 unspecified atom stereocenters. The lowest BCUT2D eigenvalue weighted by Crippen LogP contribution is -2.24. The van der Waals surface area contributed by atoms with E-state index in [1.165, 1.54) is 24.7 Å². The van der Waals surface area contributed by atoms with Gasteiger partial charge in [0.2, 0.25) is 5.91 Å². The molecule has 0 bridgehead atoms. The van der Waals surface area contributed by atoms with Crippen LogP contribution in [0.5, 0.6) is 0 Å². The van der Waals surface area contributed by atoms with E-state index in [-0.39, 0.29) is 30.7 Å². The van der Waals surface area contributed by atoms with Crippen LogP contribution < -0.4 is 10.6 Å². The number of nitrogens with zero attached hydrogens (tertiary/aromatic N) is 2. The molecule has 0 radical (unpaired) electrons. The van der Waals surface area contributed by atoms with E-state index < -0.39 is 0 Å². The maximum Gasteiger partial charge on any atom is 0.223 e. The molecule has 1 aromatic heterocycles. The highest BCUT2D eigenvalue weighted by Gasteiger charge is 2.22. The minimum Gasteiger partial charge on any atom is -0.319 e. The maximum atomic E-state index is 10.9. The van der Waals surface area contributed by atoms with Crippen LogP contribution in [0.3, 0.4) is 0 Å². The normalized spacial score (nSPS) is 18.2. The van der Waals surface area contributed by atoms with Crippen LogP contribution in [-0.2, 0) is 11.3 Å². The number of nitrogens with one attached hydrogen (secondary N) is 2. The molecule has 1 saturated heterocycles. The maximum absolute atomic E-state index is 10.9. The first kappa shape index (κ1) is 19.6. The van der Waals surface area contributed by atoms with Gasteiger partial charge >= 0.3 is 0 Å². The highest BCUT2D eigenvalue weighted by atomic mass is 35.5. The number of aromatic nitrogens is 1. The summed E-state index contributed by atoms with van der Waals surface area (Å²) in [5, 5.41) is 8.67. The number of carbonyl (C=O) groups is 1. The SMILES string of the molecule is CNCC1CCN(Cc2csc(NC(C)=O)n2)C1.Cl.Cl. The van der Waals surface area contributed by atoms with E-state index in [0.717, 1.165) is 37.8 Å². The Bertz CT molecular complexity index is 416. The van der Waals surface area contributed by atoms with Crippen LogP contribution in [0.4, 0.5) is 5.13 Å². The molecule has 0 saturated carbocycles. The Hall–Kier alpha value is -0.400. The van der Waals surface area contributed by atoms with Crippen molar-refractivity contribution in [3.05, 3.63) is 11.1 Å². The quantitative estimate of drug-likeness (QED) is 0.860. The van der Waals surface area contributed by atoms with Gasteiger partial charge in [0.15, 0.2) is 5.13 Å². The van der Waals surface area contributed by atoms with Crippen LogP contribution in [0.15, 0.2) is 5.38 Å². The summed E-state index contributed by atoms with van der Waals surface area (Å²) in [6, 6.07) is 0. The second-order valence-corrected chi connectivity index (χ2v) is 5.63. The molecule has 0 aliphatic carbocycles. The summed E-state index contributed by atoms with van der Waals surface area (Å²) in [5.41, 5.74) is 1.05. The first-order valence-electron chi connectivity index (χ1n) is 6.26. The Balaban J connectivity index is 0.00000180. The Kier molecular flexibility index (Phi) is 9.33. The van der Waals surface area contributed by atoms with E-state index >= 15 is 0 Å². The lowest BCUT2D eigenvalue weighted by atomic mass is 10.1. The van der Waals surface area contributed by atoms with Crippen molar-refractivity contribution < 1.29 is 4.79 Å². The van der Waals surface area contributed by atoms with Gasteiger partial charge in [-0.15, -0.1) is 36.2 Å². The van der Waals surface area contributed by atoms with E-state index in [4.69, 9.17) is 0 Å². The van der Waals surface area contributed by atoms with Crippen molar-refractivity contribution in [1.29, 1.82) is 0 Å². The Morgan fingerprint density at radius 3 is 2.95 bits per heavy atom. The van der Waals surface area contributed by atoms with Gasteiger partial charge < -0.3 is 10.6 Å². The first-order chi connectivity index (χ1) is 8.67. The lowest BCUT2D eigenvalue weighted by molar-refractivity contribution is -0.114. The van der Waals surface area contributed by atoms with Gasteiger partial charge in [-0.1, -0.05) is 0 Å². The van der Waals surface area contributed by atoms with Gasteiger partial charge in [0, 0.05) is 25.4 Å². The van der Waals surface area contributed by atoms with Crippen molar-refractivity contribution in [2.75, 3.05) is 32.0 Å². The number of rotatable bonds is 5. The molecule has 1 fully saturated rings. The predicted octanol–water partition coefficient (Wildman–Crippen LogP) is 1.99. The molecule has 1 atom stereocenters. The molecule has 8 heteroatoms. The van der Waals surface area contributed by atoms with E-state index in [2.05, 4.69) is 20.5 Å². The monoisotopic (exact) mass is 340 g/mol. The molecule has 1 amide bonds. The molecular weight excluding hydrogens is 319 g/mol. The van der Waals surface area contributed by atoms with Crippen LogP contribution in [0.1, 0.15) is 19.0 Å². The molecule has 2 rings (SSSR count). The summed E-state index contributed by atoms with van der Waals surface area (Å²) in [6.45, 7) is 5.75. The molecule has 0 spiro atoms. The third kappa shape index (κ3) is 5.93. The highest BCUT2D eigenvalue weighted by Crippen LogP contribution is 2.21. The number of carbonyl (C=O) groups excluding carboxylic acids is 1. The first-order valence-corrected chi connectivity index (χ1v) is 7.14. The third-order valence-corrected chi connectivity index (χ3v) is 3.89. The summed E-state index contributed by atoms with van der Waals surface area (Å²) in [4.78, 5) is 17.8. The summed E-state index contributed by atoms with van der Waals surface area (Å²) < 4.78 is 0. The Morgan fingerprint density at radius 1 is 1.55 bits per heavy atom. The molecule has 5 nitrogen and oxygen atoms in total. The lowest BCUT2D eigenvalue weighted by Gasteiger charge is -2.14. The third-order valence-electron chi connectivity index (χ3n) is 3.08. The highest BCUT2D eigenvalue weighted by molar-refractivity contribution is 7.13. The van der Waals surface area contributed by atoms with E-state index in [9.17, 15) is 4.79 Å². The van der Waals surface area contributed by atoms with Crippen LogP contribution in [0.25, 0.3) is 0 Å². The fourth-order valence-corrected chi connectivity index (χ4v) is 3.08. The van der Waals surface area contributed by atoms with Crippen molar-refractivity contribution >= 4 is 47.2 Å². The number of amides is 1.